The van der Waals surface area contributed by atoms with Gasteiger partial charge < -0.3 is 24.1 Å². The molecule has 166 valence electrons. The second-order valence-corrected chi connectivity index (χ2v) is 9.25. The Balaban J connectivity index is 1.21. The molecule has 4 atom stereocenters. The van der Waals surface area contributed by atoms with Crippen molar-refractivity contribution in [2.75, 3.05) is 39.3 Å². The standard InChI is InChI=1S/C25H27N3O4/c29-14-20-21-12-28(24(30)18-5-6-22-17(11-18)7-8-26-22)16-25(21)15-27(13-23(20)32-25)9-1-3-19-4-2-10-31-19/h1-8,10-11,20-21,23,26,29H,9,12-16H2/b3-1+/t20-,21+,23+,25+/m0/s1. The zero-order valence-electron chi connectivity index (χ0n) is 17.8. The van der Waals surface area contributed by atoms with Crippen molar-refractivity contribution in [3.8, 4) is 0 Å². The van der Waals surface area contributed by atoms with E-state index < -0.39 is 5.60 Å². The fourth-order valence-electron chi connectivity index (χ4n) is 5.89. The summed E-state index contributed by atoms with van der Waals surface area (Å²) in [5, 5.41) is 11.2. The Labute approximate surface area is 186 Å². The summed E-state index contributed by atoms with van der Waals surface area (Å²) in [4.78, 5) is 20.8. The molecule has 1 amide bonds. The second kappa shape index (κ2) is 7.62. The first-order valence-corrected chi connectivity index (χ1v) is 11.2. The van der Waals surface area contributed by atoms with Gasteiger partial charge in [-0.1, -0.05) is 6.08 Å². The predicted molar refractivity (Wildman–Crippen MR) is 120 cm³/mol. The number of H-pyrrole nitrogens is 1. The Morgan fingerprint density at radius 1 is 1.25 bits per heavy atom. The summed E-state index contributed by atoms with van der Waals surface area (Å²) in [6, 6.07) is 11.6. The minimum Gasteiger partial charge on any atom is -0.465 e. The number of carbonyl (C=O) groups is 1. The van der Waals surface area contributed by atoms with Gasteiger partial charge in [-0.15, -0.1) is 0 Å². The Morgan fingerprint density at radius 2 is 2.19 bits per heavy atom. The van der Waals surface area contributed by atoms with Crippen LogP contribution in [0.15, 0.2) is 59.4 Å². The van der Waals surface area contributed by atoms with Crippen LogP contribution in [0.25, 0.3) is 17.0 Å². The maximum Gasteiger partial charge on any atom is 0.253 e. The average molecular weight is 434 g/mol. The summed E-state index contributed by atoms with van der Waals surface area (Å²) in [7, 11) is 0. The lowest BCUT2D eigenvalue weighted by Crippen LogP contribution is -2.54. The molecular weight excluding hydrogens is 406 g/mol. The summed E-state index contributed by atoms with van der Waals surface area (Å²) in [6.07, 6.45) is 7.64. The molecular formula is C25H27N3O4. The highest BCUT2D eigenvalue weighted by molar-refractivity contribution is 5.98. The Bertz CT molecular complexity index is 1150. The van der Waals surface area contributed by atoms with Crippen molar-refractivity contribution in [2.45, 2.75) is 11.7 Å². The van der Waals surface area contributed by atoms with Crippen LogP contribution in [-0.2, 0) is 4.74 Å². The molecule has 5 heterocycles. The van der Waals surface area contributed by atoms with Crippen molar-refractivity contribution in [3.05, 3.63) is 66.3 Å². The van der Waals surface area contributed by atoms with E-state index in [-0.39, 0.29) is 30.5 Å². The van der Waals surface area contributed by atoms with Crippen molar-refractivity contribution in [1.29, 1.82) is 0 Å². The van der Waals surface area contributed by atoms with Gasteiger partial charge in [-0.25, -0.2) is 0 Å². The van der Waals surface area contributed by atoms with Crippen LogP contribution in [0.4, 0.5) is 0 Å². The van der Waals surface area contributed by atoms with Crippen LogP contribution in [0, 0.1) is 11.8 Å². The number of ether oxygens (including phenoxy) is 1. The van der Waals surface area contributed by atoms with E-state index >= 15 is 0 Å². The monoisotopic (exact) mass is 433 g/mol. The third-order valence-electron chi connectivity index (χ3n) is 7.35. The number of likely N-dealkylation sites (tertiary alicyclic amines) is 2. The third kappa shape index (κ3) is 3.20. The fourth-order valence-corrected chi connectivity index (χ4v) is 5.89. The summed E-state index contributed by atoms with van der Waals surface area (Å²) >= 11 is 0. The largest absolute Gasteiger partial charge is 0.465 e. The van der Waals surface area contributed by atoms with Crippen LogP contribution in [0.1, 0.15) is 16.1 Å². The Morgan fingerprint density at radius 3 is 3.03 bits per heavy atom. The molecule has 3 aliphatic heterocycles. The van der Waals surface area contributed by atoms with Gasteiger partial charge in [0.25, 0.3) is 5.91 Å². The molecule has 0 radical (unpaired) electrons. The first-order valence-electron chi connectivity index (χ1n) is 11.2. The molecule has 0 aliphatic carbocycles. The molecule has 3 fully saturated rings. The van der Waals surface area contributed by atoms with Crippen molar-refractivity contribution >= 4 is 22.9 Å². The van der Waals surface area contributed by atoms with E-state index in [1.165, 1.54) is 0 Å². The molecule has 0 saturated carbocycles. The van der Waals surface area contributed by atoms with E-state index in [2.05, 4.69) is 16.0 Å². The second-order valence-electron chi connectivity index (χ2n) is 9.25. The number of aromatic amines is 1. The number of fused-ring (bicyclic) bond motifs is 2. The smallest absolute Gasteiger partial charge is 0.253 e. The van der Waals surface area contributed by atoms with Gasteiger partial charge >= 0.3 is 0 Å². The number of hydrogen-bond acceptors (Lipinski definition) is 5. The van der Waals surface area contributed by atoms with Gasteiger partial charge in [0.15, 0.2) is 0 Å². The maximum atomic E-state index is 13.3. The van der Waals surface area contributed by atoms with E-state index in [9.17, 15) is 9.90 Å². The normalized spacial score (nSPS) is 29.9. The molecule has 32 heavy (non-hydrogen) atoms. The Hall–Kier alpha value is -2.87. The minimum atomic E-state index is -0.414. The number of nitrogens with zero attached hydrogens (tertiary/aromatic N) is 2. The molecule has 3 aliphatic rings. The quantitative estimate of drug-likeness (QED) is 0.647. The lowest BCUT2D eigenvalue weighted by molar-refractivity contribution is -0.113. The molecule has 1 aromatic carbocycles. The van der Waals surface area contributed by atoms with E-state index in [1.807, 2.05) is 53.6 Å². The number of rotatable bonds is 5. The molecule has 1 spiro atoms. The van der Waals surface area contributed by atoms with Gasteiger partial charge in [-0.2, -0.15) is 0 Å². The highest BCUT2D eigenvalue weighted by Gasteiger charge is 2.62. The van der Waals surface area contributed by atoms with Crippen molar-refractivity contribution in [2.24, 2.45) is 11.8 Å². The number of carbonyl (C=O) groups excluding carboxylic acids is 1. The van der Waals surface area contributed by atoms with Crippen LogP contribution >= 0.6 is 0 Å². The molecule has 3 aromatic rings. The Kier molecular flexibility index (Phi) is 4.71. The molecule has 2 N–H and O–H groups in total. The maximum absolute atomic E-state index is 13.3. The number of nitrogens with one attached hydrogen (secondary N) is 1. The number of morpholine rings is 1. The molecule has 2 bridgehead atoms. The van der Waals surface area contributed by atoms with Gasteiger partial charge in [-0.3, -0.25) is 9.69 Å². The van der Waals surface area contributed by atoms with E-state index in [4.69, 9.17) is 9.15 Å². The summed E-state index contributed by atoms with van der Waals surface area (Å²) in [5.41, 5.74) is 1.30. The number of aliphatic hydroxyl groups excluding tert-OH is 1. The van der Waals surface area contributed by atoms with Crippen LogP contribution in [0.3, 0.4) is 0 Å². The van der Waals surface area contributed by atoms with Crippen LogP contribution in [0.2, 0.25) is 0 Å². The minimum absolute atomic E-state index is 0.00391. The predicted octanol–water partition coefficient (Wildman–Crippen LogP) is 2.61. The number of aliphatic hydroxyl groups is 1. The molecule has 3 saturated heterocycles. The molecule has 7 heteroatoms. The number of furan rings is 1. The number of benzene rings is 1. The molecule has 0 unspecified atom stereocenters. The number of amides is 1. The first kappa shape index (κ1) is 19.8. The zero-order valence-corrected chi connectivity index (χ0v) is 17.8. The lowest BCUT2D eigenvalue weighted by Gasteiger charge is -2.40. The molecule has 7 nitrogen and oxygen atoms in total. The first-order chi connectivity index (χ1) is 15.6. The third-order valence-corrected chi connectivity index (χ3v) is 7.35. The SMILES string of the molecule is O=C(c1ccc2[nH]ccc2c1)N1C[C@@H]2[C@H](CO)[C@H]3CN(C/C=C/c4ccco4)C[C@]2(C1)O3. The highest BCUT2D eigenvalue weighted by atomic mass is 16.5. The van der Waals surface area contributed by atoms with Gasteiger partial charge in [0.05, 0.1) is 18.9 Å². The number of aromatic nitrogens is 1. The van der Waals surface area contributed by atoms with Crippen molar-refractivity contribution < 1.29 is 19.1 Å². The zero-order chi connectivity index (χ0) is 21.7. The van der Waals surface area contributed by atoms with Crippen LogP contribution in [-0.4, -0.2) is 76.8 Å². The topological polar surface area (TPSA) is 81.9 Å². The lowest BCUT2D eigenvalue weighted by atomic mass is 9.83. The fraction of sp³-hybridized carbons (Fsp3) is 0.400. The van der Waals surface area contributed by atoms with Crippen LogP contribution in [0.5, 0.6) is 0 Å². The van der Waals surface area contributed by atoms with E-state index in [0.29, 0.717) is 18.7 Å². The summed E-state index contributed by atoms with van der Waals surface area (Å²) in [6.45, 7) is 3.61. The molecule has 2 aromatic heterocycles. The highest BCUT2D eigenvalue weighted by Crippen LogP contribution is 2.49. The van der Waals surface area contributed by atoms with Crippen molar-refractivity contribution in [1.82, 2.24) is 14.8 Å². The average Bonchev–Trinajstić information content (AvgIpc) is 3.56. The molecule has 6 rings (SSSR count). The van der Waals surface area contributed by atoms with Gasteiger partial charge in [0.2, 0.25) is 0 Å². The summed E-state index contributed by atoms with van der Waals surface area (Å²) in [5.74, 6) is 1.07. The summed E-state index contributed by atoms with van der Waals surface area (Å²) < 4.78 is 11.9. The van der Waals surface area contributed by atoms with Gasteiger partial charge in [0.1, 0.15) is 11.4 Å². The van der Waals surface area contributed by atoms with Gasteiger partial charge in [-0.05, 0) is 42.5 Å². The van der Waals surface area contributed by atoms with Gasteiger partial charge in [0, 0.05) is 67.3 Å². The van der Waals surface area contributed by atoms with Crippen LogP contribution < -0.4 is 0 Å². The van der Waals surface area contributed by atoms with E-state index in [1.54, 1.807) is 6.26 Å². The van der Waals surface area contributed by atoms with Crippen molar-refractivity contribution in [3.63, 3.8) is 0 Å². The van der Waals surface area contributed by atoms with E-state index in [0.717, 1.165) is 36.3 Å². The number of hydrogen-bond donors (Lipinski definition) is 2.